The van der Waals surface area contributed by atoms with Crippen LogP contribution in [0.3, 0.4) is 0 Å². The molecule has 0 fully saturated rings. The van der Waals surface area contributed by atoms with Crippen LogP contribution in [0.2, 0.25) is 0 Å². The molecule has 2 N–H and O–H groups in total. The third-order valence-corrected chi connectivity index (χ3v) is 11.5. The first-order chi connectivity index (χ1) is 20.2. The second-order valence-corrected chi connectivity index (χ2v) is 15.8. The Bertz CT molecular complexity index is 1870. The van der Waals surface area contributed by atoms with Gasteiger partial charge in [-0.3, -0.25) is 4.79 Å². The summed E-state index contributed by atoms with van der Waals surface area (Å²) < 4.78 is 55.3. The first kappa shape index (κ1) is 30.4. The summed E-state index contributed by atoms with van der Waals surface area (Å²) in [6.45, 7) is 3.69. The summed E-state index contributed by atoms with van der Waals surface area (Å²) in [5.74, 6) is -1.21. The molecule has 1 aliphatic rings. The van der Waals surface area contributed by atoms with Crippen molar-refractivity contribution in [3.63, 3.8) is 0 Å². The number of aromatic nitrogens is 2. The van der Waals surface area contributed by atoms with E-state index in [1.165, 1.54) is 42.5 Å². The van der Waals surface area contributed by atoms with Crippen LogP contribution >= 0.6 is 0 Å². The highest BCUT2D eigenvalue weighted by Gasteiger charge is 2.39. The van der Waals surface area contributed by atoms with Gasteiger partial charge in [-0.15, -0.1) is 10.2 Å². The summed E-state index contributed by atoms with van der Waals surface area (Å²) in [4.78, 5) is 16.9. The first-order valence-corrected chi connectivity index (χ1v) is 17.0. The predicted molar refractivity (Wildman–Crippen MR) is 164 cm³/mol. The highest BCUT2D eigenvalue weighted by Crippen LogP contribution is 2.36. The third kappa shape index (κ3) is 6.05. The number of sulfone groups is 2. The summed E-state index contributed by atoms with van der Waals surface area (Å²) >= 11 is 0. The molecule has 0 saturated carbocycles. The molecule has 43 heavy (non-hydrogen) atoms. The summed E-state index contributed by atoms with van der Waals surface area (Å²) in [5.41, 5.74) is 9.44. The molecule has 5 rings (SSSR count). The Morgan fingerprint density at radius 3 is 2.35 bits per heavy atom. The number of carbonyl (C=O) groups is 1. The first-order valence-electron chi connectivity index (χ1n) is 13.5. The number of nitrogens with zero attached hydrogens (tertiary/aromatic N) is 4. The fraction of sp³-hybridized carbons (Fsp3) is 0.300. The van der Waals surface area contributed by atoms with E-state index in [4.69, 9.17) is 10.2 Å². The minimum Gasteiger partial charge on any atom is -0.419 e. The molecule has 0 saturated heterocycles. The van der Waals surface area contributed by atoms with Crippen molar-refractivity contribution in [2.24, 2.45) is 5.73 Å². The van der Waals surface area contributed by atoms with Crippen LogP contribution in [-0.4, -0.2) is 58.0 Å². The van der Waals surface area contributed by atoms with E-state index in [1.807, 2.05) is 49.5 Å². The van der Waals surface area contributed by atoms with Gasteiger partial charge >= 0.3 is 0 Å². The molecule has 0 spiro atoms. The Balaban J connectivity index is 1.49. The number of hydrogen-bond donors (Lipinski definition) is 1. The van der Waals surface area contributed by atoms with Gasteiger partial charge in [-0.25, -0.2) is 16.8 Å². The fourth-order valence-corrected chi connectivity index (χ4v) is 6.69. The van der Waals surface area contributed by atoms with Crippen LogP contribution in [0.15, 0.2) is 82.1 Å². The number of fused-ring (bicyclic) bond motifs is 1. The molecule has 0 bridgehead atoms. The summed E-state index contributed by atoms with van der Waals surface area (Å²) in [6, 6.07) is 20.8. The van der Waals surface area contributed by atoms with Gasteiger partial charge in [-0.1, -0.05) is 42.5 Å². The SMILES string of the molecule is CN(Cc1ccccc1)c1ccc(CN2C(=O)[C@@H](N)CS(=O)(=O)c3ccc(-c4nnc(C(C)(C)S(C)(=O)=O)o4)cc32)cc1. The standard InChI is InChI=1S/C30H33N5O6S2/c1-30(2,42(4,37)38)29-33-32-27(41-29)22-12-15-26-25(16-22)35(28(36)24(31)19-43(26,39)40)18-21-10-13-23(14-11-21)34(3)17-20-8-6-5-7-9-20/h5-16,24H,17-19,31H2,1-4H3/t24-/m0/s1. The van der Waals surface area contributed by atoms with Gasteiger partial charge in [0.25, 0.3) is 0 Å². The lowest BCUT2D eigenvalue weighted by molar-refractivity contribution is -0.119. The van der Waals surface area contributed by atoms with Gasteiger partial charge in [0.05, 0.1) is 28.9 Å². The lowest BCUT2D eigenvalue weighted by atomic mass is 10.1. The number of rotatable bonds is 8. The van der Waals surface area contributed by atoms with E-state index < -0.39 is 42.1 Å². The molecule has 1 atom stereocenters. The van der Waals surface area contributed by atoms with E-state index in [2.05, 4.69) is 27.2 Å². The fourth-order valence-electron chi connectivity index (χ4n) is 4.73. The number of amides is 1. The summed E-state index contributed by atoms with van der Waals surface area (Å²) in [6.07, 6.45) is 1.07. The van der Waals surface area contributed by atoms with Crippen LogP contribution < -0.4 is 15.5 Å². The highest BCUT2D eigenvalue weighted by atomic mass is 32.2. The largest absolute Gasteiger partial charge is 0.419 e. The van der Waals surface area contributed by atoms with Crippen molar-refractivity contribution in [1.82, 2.24) is 10.2 Å². The number of hydrogen-bond acceptors (Lipinski definition) is 10. The van der Waals surface area contributed by atoms with Crippen molar-refractivity contribution in [2.75, 3.05) is 28.9 Å². The monoisotopic (exact) mass is 623 g/mol. The molecule has 11 nitrogen and oxygen atoms in total. The maximum atomic E-state index is 13.5. The minimum atomic E-state index is -3.91. The van der Waals surface area contributed by atoms with E-state index in [9.17, 15) is 21.6 Å². The van der Waals surface area contributed by atoms with Crippen molar-refractivity contribution in [1.29, 1.82) is 0 Å². The van der Waals surface area contributed by atoms with Crippen molar-refractivity contribution in [3.8, 4) is 11.5 Å². The van der Waals surface area contributed by atoms with Gasteiger partial charge in [0.15, 0.2) is 19.7 Å². The van der Waals surface area contributed by atoms with E-state index in [0.29, 0.717) is 12.1 Å². The molecule has 0 radical (unpaired) electrons. The Kier molecular flexibility index (Phi) is 7.92. The molecule has 1 amide bonds. The second kappa shape index (κ2) is 11.2. The van der Waals surface area contributed by atoms with Gasteiger partial charge < -0.3 is 20.0 Å². The van der Waals surface area contributed by atoms with E-state index >= 15 is 0 Å². The van der Waals surface area contributed by atoms with Crippen LogP contribution in [0.25, 0.3) is 11.5 Å². The minimum absolute atomic E-state index is 0.0151. The van der Waals surface area contributed by atoms with Crippen molar-refractivity contribution >= 4 is 37.0 Å². The molecule has 3 aromatic carbocycles. The smallest absolute Gasteiger partial charge is 0.247 e. The van der Waals surface area contributed by atoms with Crippen LogP contribution in [0.4, 0.5) is 11.4 Å². The van der Waals surface area contributed by atoms with E-state index in [0.717, 1.165) is 17.5 Å². The van der Waals surface area contributed by atoms with Gasteiger partial charge in [0.1, 0.15) is 4.75 Å². The van der Waals surface area contributed by atoms with Crippen LogP contribution in [0, 0.1) is 0 Å². The molecular weight excluding hydrogens is 590 g/mol. The topological polar surface area (TPSA) is 157 Å². The van der Waals surface area contributed by atoms with Gasteiger partial charge in [-0.2, -0.15) is 0 Å². The lowest BCUT2D eigenvalue weighted by Crippen LogP contribution is -2.45. The normalized spacial score (nSPS) is 16.9. The molecule has 0 unspecified atom stereocenters. The van der Waals surface area contributed by atoms with Gasteiger partial charge in [-0.05, 0) is 55.3 Å². The zero-order valence-electron chi connectivity index (χ0n) is 24.3. The van der Waals surface area contributed by atoms with E-state index in [1.54, 1.807) is 0 Å². The molecule has 1 aromatic heterocycles. The Labute approximate surface area is 251 Å². The van der Waals surface area contributed by atoms with Crippen molar-refractivity contribution in [3.05, 3.63) is 89.8 Å². The Morgan fingerprint density at radius 2 is 1.70 bits per heavy atom. The summed E-state index contributed by atoms with van der Waals surface area (Å²) in [7, 11) is -5.51. The van der Waals surface area contributed by atoms with Crippen LogP contribution in [0.5, 0.6) is 0 Å². The van der Waals surface area contributed by atoms with Crippen LogP contribution in [0.1, 0.15) is 30.9 Å². The summed E-state index contributed by atoms with van der Waals surface area (Å²) in [5, 5.41) is 7.94. The maximum absolute atomic E-state index is 13.5. The quantitative estimate of drug-likeness (QED) is 0.309. The lowest BCUT2D eigenvalue weighted by Gasteiger charge is -2.25. The number of carbonyl (C=O) groups excluding carboxylic acids is 1. The van der Waals surface area contributed by atoms with Crippen molar-refractivity contribution < 1.29 is 26.0 Å². The number of anilines is 2. The molecule has 4 aromatic rings. The van der Waals surface area contributed by atoms with Gasteiger partial charge in [0.2, 0.25) is 17.7 Å². The molecule has 2 heterocycles. The third-order valence-electron chi connectivity index (χ3n) is 7.66. The molecular formula is C30H33N5O6S2. The second-order valence-electron chi connectivity index (χ2n) is 11.2. The number of nitrogens with two attached hydrogens (primary N) is 1. The molecule has 226 valence electrons. The Morgan fingerprint density at radius 1 is 1.02 bits per heavy atom. The molecule has 13 heteroatoms. The molecule has 1 aliphatic heterocycles. The predicted octanol–water partition coefficient (Wildman–Crippen LogP) is 3.30. The number of benzene rings is 3. The van der Waals surface area contributed by atoms with Crippen molar-refractivity contribution in [2.45, 2.75) is 42.6 Å². The zero-order valence-corrected chi connectivity index (χ0v) is 25.9. The van der Waals surface area contributed by atoms with E-state index in [-0.39, 0.29) is 28.9 Å². The average Bonchev–Trinajstić information content (AvgIpc) is 3.44. The maximum Gasteiger partial charge on any atom is 0.247 e. The van der Waals surface area contributed by atoms with Gasteiger partial charge in [0, 0.05) is 31.1 Å². The molecule has 0 aliphatic carbocycles. The zero-order chi connectivity index (χ0) is 31.2. The Hall–Kier alpha value is -4.07. The highest BCUT2D eigenvalue weighted by molar-refractivity contribution is 7.92. The average molecular weight is 624 g/mol. The van der Waals surface area contributed by atoms with Crippen LogP contribution in [-0.2, 0) is 42.3 Å².